The average molecular weight is 206 g/mol. The smallest absolute Gasteiger partial charge is 0.282 e. The van der Waals surface area contributed by atoms with Gasteiger partial charge in [0.1, 0.15) is 0 Å². The molecular formula is C8H9F3N2O. The first-order chi connectivity index (χ1) is 6.74. The molecule has 0 radical (unpaired) electrons. The Kier molecular flexibility index (Phi) is 4.21. The highest BCUT2D eigenvalue weighted by molar-refractivity contribution is 5.41. The lowest BCUT2D eigenvalue weighted by atomic mass is 10.3. The lowest BCUT2D eigenvalue weighted by Crippen LogP contribution is -2.40. The number of halogens is 3. The molecule has 0 spiro atoms. The van der Waals surface area contributed by atoms with Gasteiger partial charge >= 0.3 is 0 Å². The molecule has 0 amide bonds. The highest BCUT2D eigenvalue weighted by Crippen LogP contribution is 2.06. The molecule has 6 heteroatoms. The summed E-state index contributed by atoms with van der Waals surface area (Å²) >= 11 is 0. The van der Waals surface area contributed by atoms with Gasteiger partial charge in [0.15, 0.2) is 0 Å². The van der Waals surface area contributed by atoms with Gasteiger partial charge < -0.3 is 5.43 Å². The molecule has 0 aromatic heterocycles. The first-order valence-corrected chi connectivity index (χ1v) is 3.86. The minimum Gasteiger partial charge on any atom is -0.319 e. The number of hydrogen-bond donors (Lipinski definition) is 2. The second-order valence-electron chi connectivity index (χ2n) is 2.48. The summed E-state index contributed by atoms with van der Waals surface area (Å²) in [4.78, 5) is 3.01. The van der Waals surface area contributed by atoms with Crippen LogP contribution in [0.2, 0.25) is 0 Å². The highest BCUT2D eigenvalue weighted by Gasteiger charge is 2.21. The van der Waals surface area contributed by atoms with Gasteiger partial charge in [0, 0.05) is 5.69 Å². The van der Waals surface area contributed by atoms with Gasteiger partial charge in [-0.2, -0.15) is 4.94 Å². The summed E-state index contributed by atoms with van der Waals surface area (Å²) in [6.45, 7) is 0. The Balaban J connectivity index is 2.40. The maximum absolute atomic E-state index is 11.9. The molecule has 0 fully saturated rings. The SMILES string of the molecule is FO[C@H](NNc1ccccc1)C(F)F. The summed E-state index contributed by atoms with van der Waals surface area (Å²) in [5.74, 6) is 0. The largest absolute Gasteiger partial charge is 0.319 e. The minimum atomic E-state index is -2.95. The van der Waals surface area contributed by atoms with Crippen molar-refractivity contribution in [2.75, 3.05) is 5.43 Å². The Morgan fingerprint density at radius 2 is 1.79 bits per heavy atom. The number of hydrogen-bond acceptors (Lipinski definition) is 3. The molecule has 0 unspecified atom stereocenters. The van der Waals surface area contributed by atoms with Crippen LogP contribution in [-0.4, -0.2) is 12.7 Å². The predicted octanol–water partition coefficient (Wildman–Crippen LogP) is 2.10. The van der Waals surface area contributed by atoms with Crippen molar-refractivity contribution in [3.05, 3.63) is 30.3 Å². The molecule has 3 nitrogen and oxygen atoms in total. The summed E-state index contributed by atoms with van der Waals surface area (Å²) < 4.78 is 35.4. The van der Waals surface area contributed by atoms with Crippen molar-refractivity contribution in [2.24, 2.45) is 0 Å². The highest BCUT2D eigenvalue weighted by atomic mass is 19.3. The lowest BCUT2D eigenvalue weighted by molar-refractivity contribution is -0.225. The monoisotopic (exact) mass is 206 g/mol. The fraction of sp³-hybridized carbons (Fsp3) is 0.250. The van der Waals surface area contributed by atoms with E-state index in [1.165, 1.54) is 0 Å². The van der Waals surface area contributed by atoms with E-state index in [2.05, 4.69) is 10.4 Å². The van der Waals surface area contributed by atoms with E-state index in [4.69, 9.17) is 0 Å². The number of benzene rings is 1. The summed E-state index contributed by atoms with van der Waals surface area (Å²) in [5.41, 5.74) is 4.91. The van der Waals surface area contributed by atoms with Crippen LogP contribution in [0.1, 0.15) is 0 Å². The van der Waals surface area contributed by atoms with Crippen molar-refractivity contribution in [3.63, 3.8) is 0 Å². The molecule has 1 rings (SSSR count). The minimum absolute atomic E-state index is 0.537. The van der Waals surface area contributed by atoms with Crippen LogP contribution in [0.4, 0.5) is 19.0 Å². The summed E-state index contributed by atoms with van der Waals surface area (Å²) in [6.07, 6.45) is -4.92. The molecule has 0 saturated heterocycles. The van der Waals surface area contributed by atoms with Crippen molar-refractivity contribution in [1.29, 1.82) is 0 Å². The third-order valence-electron chi connectivity index (χ3n) is 1.46. The van der Waals surface area contributed by atoms with E-state index in [-0.39, 0.29) is 0 Å². The Labute approximate surface area is 78.7 Å². The van der Waals surface area contributed by atoms with E-state index in [9.17, 15) is 13.3 Å². The maximum atomic E-state index is 11.9. The number of alkyl halides is 2. The van der Waals surface area contributed by atoms with Crippen molar-refractivity contribution in [2.45, 2.75) is 12.7 Å². The fourth-order valence-corrected chi connectivity index (χ4v) is 0.800. The van der Waals surface area contributed by atoms with Crippen LogP contribution in [0.15, 0.2) is 30.3 Å². The van der Waals surface area contributed by atoms with Gasteiger partial charge in [-0.25, -0.2) is 14.2 Å². The van der Waals surface area contributed by atoms with Crippen molar-refractivity contribution < 1.29 is 18.2 Å². The van der Waals surface area contributed by atoms with Crippen molar-refractivity contribution in [3.8, 4) is 0 Å². The van der Waals surface area contributed by atoms with Crippen molar-refractivity contribution >= 4 is 5.69 Å². The Morgan fingerprint density at radius 3 is 2.29 bits per heavy atom. The van der Waals surface area contributed by atoms with Gasteiger partial charge in [-0.1, -0.05) is 18.2 Å². The zero-order valence-electron chi connectivity index (χ0n) is 7.08. The molecule has 0 aliphatic rings. The van der Waals surface area contributed by atoms with Crippen LogP contribution in [0.3, 0.4) is 0 Å². The average Bonchev–Trinajstić information content (AvgIpc) is 2.20. The van der Waals surface area contributed by atoms with Crippen LogP contribution in [0.5, 0.6) is 0 Å². The molecule has 0 bridgehead atoms. The molecular weight excluding hydrogens is 197 g/mol. The molecule has 0 aliphatic heterocycles. The summed E-state index contributed by atoms with van der Waals surface area (Å²) in [6, 6.07) is 8.44. The van der Waals surface area contributed by atoms with Gasteiger partial charge in [-0.05, 0) is 16.7 Å². The molecule has 0 heterocycles. The van der Waals surface area contributed by atoms with Crippen LogP contribution < -0.4 is 10.9 Å². The number of nitrogens with one attached hydrogen (secondary N) is 2. The van der Waals surface area contributed by atoms with E-state index < -0.39 is 12.7 Å². The van der Waals surface area contributed by atoms with E-state index in [1.807, 2.05) is 5.43 Å². The quantitative estimate of drug-likeness (QED) is 0.571. The van der Waals surface area contributed by atoms with Crippen LogP contribution in [0.25, 0.3) is 0 Å². The molecule has 78 valence electrons. The first-order valence-electron chi connectivity index (χ1n) is 3.86. The number of anilines is 1. The Hall–Kier alpha value is -1.27. The van der Waals surface area contributed by atoms with Crippen LogP contribution >= 0.6 is 0 Å². The fourth-order valence-electron chi connectivity index (χ4n) is 0.800. The van der Waals surface area contributed by atoms with Gasteiger partial charge in [-0.3, -0.25) is 0 Å². The zero-order chi connectivity index (χ0) is 10.4. The molecule has 1 atom stereocenters. The van der Waals surface area contributed by atoms with E-state index in [0.29, 0.717) is 5.69 Å². The molecule has 2 N–H and O–H groups in total. The van der Waals surface area contributed by atoms with Gasteiger partial charge in [0.05, 0.1) is 0 Å². The lowest BCUT2D eigenvalue weighted by Gasteiger charge is -2.14. The first kappa shape index (κ1) is 10.8. The molecule has 14 heavy (non-hydrogen) atoms. The molecule has 0 saturated carbocycles. The van der Waals surface area contributed by atoms with Crippen LogP contribution in [0, 0.1) is 0 Å². The van der Waals surface area contributed by atoms with Crippen LogP contribution in [-0.2, 0) is 4.94 Å². The van der Waals surface area contributed by atoms with Gasteiger partial charge in [-0.15, -0.1) is 0 Å². The molecule has 1 aromatic rings. The Morgan fingerprint density at radius 1 is 1.14 bits per heavy atom. The maximum Gasteiger partial charge on any atom is 0.282 e. The standard InChI is InChI=1S/C8H9F3N2O/c9-7(10)8(14-11)13-12-6-4-2-1-3-5-6/h1-5,7-8,12-13H/t8-/m0/s1. The summed E-state index contributed by atoms with van der Waals surface area (Å²) in [5, 5.41) is 0. The number of rotatable bonds is 5. The number of para-hydroxylation sites is 1. The second-order valence-corrected chi connectivity index (χ2v) is 2.48. The zero-order valence-corrected chi connectivity index (χ0v) is 7.08. The van der Waals surface area contributed by atoms with Gasteiger partial charge in [0.2, 0.25) is 6.23 Å². The summed E-state index contributed by atoms with van der Waals surface area (Å²) in [7, 11) is 0. The number of hydrazine groups is 1. The third-order valence-corrected chi connectivity index (χ3v) is 1.46. The molecule has 0 aliphatic carbocycles. The topological polar surface area (TPSA) is 33.3 Å². The van der Waals surface area contributed by atoms with Crippen molar-refractivity contribution in [1.82, 2.24) is 5.43 Å². The third kappa shape index (κ3) is 3.23. The van der Waals surface area contributed by atoms with Gasteiger partial charge in [0.25, 0.3) is 6.43 Å². The van der Waals surface area contributed by atoms with E-state index in [1.54, 1.807) is 30.3 Å². The second kappa shape index (κ2) is 5.46. The molecule has 1 aromatic carbocycles. The normalized spacial score (nSPS) is 12.9. The van der Waals surface area contributed by atoms with E-state index in [0.717, 1.165) is 0 Å². The predicted molar refractivity (Wildman–Crippen MR) is 45.2 cm³/mol. The Bertz CT molecular complexity index is 258. The van der Waals surface area contributed by atoms with E-state index >= 15 is 0 Å².